The molecule has 0 spiro atoms. The number of anilines is 1. The van der Waals surface area contributed by atoms with E-state index in [1.54, 1.807) is 36.4 Å². The molecule has 1 amide bonds. The van der Waals surface area contributed by atoms with Gasteiger partial charge in [0.15, 0.2) is 0 Å². The van der Waals surface area contributed by atoms with Gasteiger partial charge >= 0.3 is 0 Å². The molecule has 0 unspecified atom stereocenters. The van der Waals surface area contributed by atoms with Gasteiger partial charge in [-0.1, -0.05) is 22.9 Å². The number of hydrogen-bond acceptors (Lipinski definition) is 7. The zero-order chi connectivity index (χ0) is 22.0. The average Bonchev–Trinajstić information content (AvgIpc) is 3.45. The number of hydrogen-bond donors (Lipinski definition) is 1. The Kier molecular flexibility index (Phi) is 6.24. The third-order valence-electron chi connectivity index (χ3n) is 4.89. The molecular weight excluding hydrogens is 460 g/mol. The molecule has 1 N–H and O–H groups in total. The molecule has 2 heterocycles. The third-order valence-corrected chi connectivity index (χ3v) is 8.09. The Morgan fingerprint density at radius 2 is 1.87 bits per heavy atom. The minimum atomic E-state index is -3.72. The first kappa shape index (κ1) is 21.7. The standard InChI is InChI=1S/C20H19ClN4O4S2/c1-29-15-8-10-16(11-9-15)31(27,28)25-12-2-3-17(25)19-23-24-20(30-19)18(26)22-14-6-4-13(21)5-7-14/h4-11,17H,2-3,12H2,1H3,(H,22,26)/t17-/m0/s1. The van der Waals surface area contributed by atoms with Gasteiger partial charge in [0, 0.05) is 17.3 Å². The fourth-order valence-electron chi connectivity index (χ4n) is 3.34. The Morgan fingerprint density at radius 1 is 1.16 bits per heavy atom. The summed E-state index contributed by atoms with van der Waals surface area (Å²) in [6.45, 7) is 0.380. The van der Waals surface area contributed by atoms with Crippen LogP contribution in [0.2, 0.25) is 5.02 Å². The molecule has 1 aromatic heterocycles. The van der Waals surface area contributed by atoms with E-state index < -0.39 is 22.0 Å². The van der Waals surface area contributed by atoms with E-state index in [9.17, 15) is 13.2 Å². The SMILES string of the molecule is COc1ccc(S(=O)(=O)N2CCC[C@H]2c2nnc(C(=O)Nc3ccc(Cl)cc3)s2)cc1. The fourth-order valence-corrected chi connectivity index (χ4v) is 6.08. The molecule has 0 bridgehead atoms. The number of methoxy groups -OCH3 is 1. The first-order valence-corrected chi connectivity index (χ1v) is 12.1. The van der Waals surface area contributed by atoms with E-state index in [1.165, 1.54) is 23.5 Å². The van der Waals surface area contributed by atoms with Crippen LogP contribution in [0.4, 0.5) is 5.69 Å². The number of carbonyl (C=O) groups excluding carboxylic acids is 1. The van der Waals surface area contributed by atoms with Crippen LogP contribution in [0.1, 0.15) is 33.7 Å². The summed E-state index contributed by atoms with van der Waals surface area (Å²) in [6.07, 6.45) is 1.31. The van der Waals surface area contributed by atoms with Gasteiger partial charge in [0.1, 0.15) is 10.8 Å². The van der Waals surface area contributed by atoms with Crippen molar-refractivity contribution in [3.63, 3.8) is 0 Å². The Bertz CT molecular complexity index is 1180. The molecule has 0 saturated carbocycles. The van der Waals surface area contributed by atoms with Crippen LogP contribution in [0.15, 0.2) is 53.4 Å². The molecular formula is C20H19ClN4O4S2. The molecule has 31 heavy (non-hydrogen) atoms. The highest BCUT2D eigenvalue weighted by Crippen LogP contribution is 2.38. The first-order chi connectivity index (χ1) is 14.9. The lowest BCUT2D eigenvalue weighted by Crippen LogP contribution is -2.30. The fraction of sp³-hybridized carbons (Fsp3) is 0.250. The van der Waals surface area contributed by atoms with Crippen molar-refractivity contribution in [3.05, 3.63) is 63.6 Å². The molecule has 8 nitrogen and oxygen atoms in total. The highest BCUT2D eigenvalue weighted by atomic mass is 35.5. The van der Waals surface area contributed by atoms with Crippen molar-refractivity contribution < 1.29 is 17.9 Å². The van der Waals surface area contributed by atoms with Crippen molar-refractivity contribution in [2.75, 3.05) is 19.0 Å². The van der Waals surface area contributed by atoms with E-state index >= 15 is 0 Å². The van der Waals surface area contributed by atoms with Crippen LogP contribution in [0.3, 0.4) is 0 Å². The number of rotatable bonds is 6. The van der Waals surface area contributed by atoms with Crippen molar-refractivity contribution in [2.45, 2.75) is 23.8 Å². The van der Waals surface area contributed by atoms with Crippen molar-refractivity contribution in [2.24, 2.45) is 0 Å². The number of halogens is 1. The van der Waals surface area contributed by atoms with Crippen LogP contribution < -0.4 is 10.1 Å². The molecule has 4 rings (SSSR count). The van der Waals surface area contributed by atoms with E-state index in [2.05, 4.69) is 15.5 Å². The van der Waals surface area contributed by atoms with Crippen LogP contribution >= 0.6 is 22.9 Å². The van der Waals surface area contributed by atoms with Crippen LogP contribution in [-0.2, 0) is 10.0 Å². The zero-order valence-electron chi connectivity index (χ0n) is 16.5. The molecule has 2 aromatic carbocycles. The van der Waals surface area contributed by atoms with Gasteiger partial charge < -0.3 is 10.1 Å². The maximum atomic E-state index is 13.2. The van der Waals surface area contributed by atoms with Crippen LogP contribution in [0, 0.1) is 0 Å². The van der Waals surface area contributed by atoms with Gasteiger partial charge in [-0.15, -0.1) is 10.2 Å². The third kappa shape index (κ3) is 4.57. The smallest absolute Gasteiger partial charge is 0.286 e. The van der Waals surface area contributed by atoms with Gasteiger partial charge in [0.2, 0.25) is 15.0 Å². The second-order valence-electron chi connectivity index (χ2n) is 6.86. The average molecular weight is 479 g/mol. The molecule has 0 radical (unpaired) electrons. The minimum absolute atomic E-state index is 0.165. The first-order valence-electron chi connectivity index (χ1n) is 9.45. The van der Waals surface area contributed by atoms with Gasteiger partial charge in [-0.05, 0) is 61.4 Å². The number of aromatic nitrogens is 2. The summed E-state index contributed by atoms with van der Waals surface area (Å²) in [5, 5.41) is 12.1. The molecule has 1 saturated heterocycles. The highest BCUT2D eigenvalue weighted by Gasteiger charge is 2.38. The van der Waals surface area contributed by atoms with E-state index in [-0.39, 0.29) is 9.90 Å². The van der Waals surface area contributed by atoms with Crippen LogP contribution in [0.5, 0.6) is 5.75 Å². The summed E-state index contributed by atoms with van der Waals surface area (Å²) in [5.74, 6) is 0.172. The lowest BCUT2D eigenvalue weighted by Gasteiger charge is -2.22. The molecule has 162 valence electrons. The largest absolute Gasteiger partial charge is 0.497 e. The Balaban J connectivity index is 1.53. The number of nitrogens with one attached hydrogen (secondary N) is 1. The Morgan fingerprint density at radius 3 is 2.55 bits per heavy atom. The monoisotopic (exact) mass is 478 g/mol. The zero-order valence-corrected chi connectivity index (χ0v) is 18.9. The van der Waals surface area contributed by atoms with Crippen molar-refractivity contribution >= 4 is 44.6 Å². The molecule has 11 heteroatoms. The highest BCUT2D eigenvalue weighted by molar-refractivity contribution is 7.89. The molecule has 1 aliphatic heterocycles. The summed E-state index contributed by atoms with van der Waals surface area (Å²) < 4.78 is 32.9. The topological polar surface area (TPSA) is 101 Å². The van der Waals surface area contributed by atoms with Gasteiger partial charge in [-0.25, -0.2) is 8.42 Å². The van der Waals surface area contributed by atoms with Crippen LogP contribution in [-0.4, -0.2) is 42.5 Å². The number of ether oxygens (including phenoxy) is 1. The van der Waals surface area contributed by atoms with E-state index in [0.29, 0.717) is 40.9 Å². The van der Waals surface area contributed by atoms with Gasteiger partial charge in [0.25, 0.3) is 5.91 Å². The summed E-state index contributed by atoms with van der Waals surface area (Å²) in [7, 11) is -2.20. The summed E-state index contributed by atoms with van der Waals surface area (Å²) in [6, 6.07) is 12.5. The predicted molar refractivity (Wildman–Crippen MR) is 118 cm³/mol. The normalized spacial score (nSPS) is 16.9. The van der Waals surface area contributed by atoms with E-state index in [1.807, 2.05) is 0 Å². The van der Waals surface area contributed by atoms with E-state index in [4.69, 9.17) is 16.3 Å². The molecule has 3 aromatic rings. The number of carbonyl (C=O) groups is 1. The number of nitrogens with zero attached hydrogens (tertiary/aromatic N) is 3. The lowest BCUT2D eigenvalue weighted by molar-refractivity contribution is 0.102. The quantitative estimate of drug-likeness (QED) is 0.575. The maximum Gasteiger partial charge on any atom is 0.286 e. The van der Waals surface area contributed by atoms with Crippen molar-refractivity contribution in [1.29, 1.82) is 0 Å². The number of sulfonamides is 1. The summed E-state index contributed by atoms with van der Waals surface area (Å²) >= 11 is 6.95. The second kappa shape index (κ2) is 8.91. The van der Waals surface area contributed by atoms with Crippen LogP contribution in [0.25, 0.3) is 0 Å². The number of amides is 1. The Hall–Kier alpha value is -2.53. The molecule has 1 atom stereocenters. The van der Waals surface area contributed by atoms with Crippen molar-refractivity contribution in [3.8, 4) is 5.75 Å². The van der Waals surface area contributed by atoms with Gasteiger partial charge in [-0.2, -0.15) is 4.31 Å². The van der Waals surface area contributed by atoms with E-state index in [0.717, 1.165) is 11.3 Å². The Labute approximate surface area is 188 Å². The van der Waals surface area contributed by atoms with Crippen molar-refractivity contribution in [1.82, 2.24) is 14.5 Å². The molecule has 1 fully saturated rings. The van der Waals surface area contributed by atoms with Gasteiger partial charge in [-0.3, -0.25) is 4.79 Å². The maximum absolute atomic E-state index is 13.2. The molecule has 0 aliphatic carbocycles. The molecule has 1 aliphatic rings. The summed E-state index contributed by atoms with van der Waals surface area (Å²) in [5.41, 5.74) is 0.579. The predicted octanol–water partition coefficient (Wildman–Crippen LogP) is 3.98. The summed E-state index contributed by atoms with van der Waals surface area (Å²) in [4.78, 5) is 12.7. The lowest BCUT2D eigenvalue weighted by atomic mass is 10.2. The van der Waals surface area contributed by atoms with Gasteiger partial charge in [0.05, 0.1) is 18.0 Å². The second-order valence-corrected chi connectivity index (χ2v) is 10.2. The number of benzene rings is 2. The minimum Gasteiger partial charge on any atom is -0.497 e.